The predicted octanol–water partition coefficient (Wildman–Crippen LogP) is 2.57. The zero-order chi connectivity index (χ0) is 13.2. The molecular formula is C10H8ClF3O3. The molecule has 1 aromatic carbocycles. The van der Waals surface area contributed by atoms with Crippen LogP contribution in [0.1, 0.15) is 17.2 Å². The Balaban J connectivity index is 3.20. The number of benzene rings is 1. The average molecular weight is 269 g/mol. The Morgan fingerprint density at radius 2 is 2.06 bits per heavy atom. The fourth-order valence-electron chi connectivity index (χ4n) is 1.17. The highest BCUT2D eigenvalue weighted by Crippen LogP contribution is 2.33. The summed E-state index contributed by atoms with van der Waals surface area (Å²) in [7, 11) is 1.01. The first-order valence-electron chi connectivity index (χ1n) is 4.40. The summed E-state index contributed by atoms with van der Waals surface area (Å²) in [5, 5.41) is 9.29. The Bertz CT molecular complexity index is 431. The number of aliphatic hydroxyl groups is 1. The first kappa shape index (κ1) is 13.8. The highest BCUT2D eigenvalue weighted by molar-refractivity contribution is 6.31. The number of halogens is 4. The molecule has 0 radical (unpaired) electrons. The van der Waals surface area contributed by atoms with E-state index in [1.807, 2.05) is 0 Å². The first-order chi connectivity index (χ1) is 7.77. The third-order valence-corrected chi connectivity index (χ3v) is 2.39. The van der Waals surface area contributed by atoms with E-state index in [0.717, 1.165) is 19.2 Å². The summed E-state index contributed by atoms with van der Waals surface area (Å²) in [5.74, 6) is -1.08. The maximum Gasteiger partial charge on any atom is 0.416 e. The van der Waals surface area contributed by atoms with Crippen LogP contribution in [0.2, 0.25) is 5.02 Å². The zero-order valence-electron chi connectivity index (χ0n) is 8.58. The molecule has 3 nitrogen and oxygen atoms in total. The van der Waals surface area contributed by atoms with Crippen LogP contribution < -0.4 is 0 Å². The standard InChI is InChI=1S/C10H8ClF3O3/c1-17-9(16)8(15)6-4-5(10(12,13)14)2-3-7(6)11/h2-4,8,15H,1H3. The molecule has 7 heteroatoms. The number of methoxy groups -OCH3 is 1. The smallest absolute Gasteiger partial charge is 0.416 e. The molecule has 1 N–H and O–H groups in total. The highest BCUT2D eigenvalue weighted by Gasteiger charge is 2.32. The summed E-state index contributed by atoms with van der Waals surface area (Å²) in [6, 6.07) is 2.34. The molecule has 1 atom stereocenters. The minimum absolute atomic E-state index is 0.143. The van der Waals surface area contributed by atoms with E-state index in [1.165, 1.54) is 0 Å². The molecule has 0 bridgehead atoms. The van der Waals surface area contributed by atoms with E-state index >= 15 is 0 Å². The van der Waals surface area contributed by atoms with Crippen LogP contribution in [-0.4, -0.2) is 18.2 Å². The number of carbonyl (C=O) groups is 1. The molecule has 0 amide bonds. The lowest BCUT2D eigenvalue weighted by Gasteiger charge is -2.13. The van der Waals surface area contributed by atoms with Crippen LogP contribution >= 0.6 is 11.6 Å². The summed E-state index contributed by atoms with van der Waals surface area (Å²) in [6.07, 6.45) is -6.41. The van der Waals surface area contributed by atoms with Crippen LogP contribution in [0.4, 0.5) is 13.2 Å². The minimum atomic E-state index is -4.57. The van der Waals surface area contributed by atoms with Gasteiger partial charge in [0.25, 0.3) is 0 Å². The topological polar surface area (TPSA) is 46.5 Å². The zero-order valence-corrected chi connectivity index (χ0v) is 9.34. The second-order valence-corrected chi connectivity index (χ2v) is 3.57. The number of esters is 1. The first-order valence-corrected chi connectivity index (χ1v) is 4.77. The van der Waals surface area contributed by atoms with Gasteiger partial charge in [0.1, 0.15) is 0 Å². The van der Waals surface area contributed by atoms with Gasteiger partial charge in [0.05, 0.1) is 12.7 Å². The molecule has 0 aliphatic heterocycles. The van der Waals surface area contributed by atoms with Gasteiger partial charge in [-0.25, -0.2) is 4.79 Å². The molecule has 0 saturated carbocycles. The fraction of sp³-hybridized carbons (Fsp3) is 0.300. The molecule has 0 fully saturated rings. The number of ether oxygens (including phenoxy) is 1. The van der Waals surface area contributed by atoms with Crippen LogP contribution in [0.5, 0.6) is 0 Å². The second-order valence-electron chi connectivity index (χ2n) is 3.16. The Labute approximate surface area is 99.8 Å². The summed E-state index contributed by atoms with van der Waals surface area (Å²) in [6.45, 7) is 0. The van der Waals surface area contributed by atoms with Gasteiger partial charge in [-0.2, -0.15) is 13.2 Å². The molecular weight excluding hydrogens is 261 g/mol. The minimum Gasteiger partial charge on any atom is -0.467 e. The van der Waals surface area contributed by atoms with Gasteiger partial charge in [0.2, 0.25) is 0 Å². The van der Waals surface area contributed by atoms with Crippen LogP contribution in [-0.2, 0) is 15.7 Å². The van der Waals surface area contributed by atoms with Gasteiger partial charge in [0, 0.05) is 10.6 Å². The molecule has 1 unspecified atom stereocenters. The predicted molar refractivity (Wildman–Crippen MR) is 53.4 cm³/mol. The van der Waals surface area contributed by atoms with Gasteiger partial charge in [-0.1, -0.05) is 11.6 Å². The van der Waals surface area contributed by atoms with Crippen molar-refractivity contribution in [2.45, 2.75) is 12.3 Å². The fourth-order valence-corrected chi connectivity index (χ4v) is 1.39. The van der Waals surface area contributed by atoms with Crippen LogP contribution in [0.25, 0.3) is 0 Å². The van der Waals surface area contributed by atoms with Crippen molar-refractivity contribution < 1.29 is 27.8 Å². The Kier molecular flexibility index (Phi) is 4.00. The number of aliphatic hydroxyl groups excluding tert-OH is 1. The van der Waals surface area contributed by atoms with Crippen molar-refractivity contribution in [3.05, 3.63) is 34.3 Å². The molecule has 0 aliphatic rings. The number of rotatable bonds is 2. The molecule has 0 aliphatic carbocycles. The molecule has 0 aromatic heterocycles. The maximum atomic E-state index is 12.4. The SMILES string of the molecule is COC(=O)C(O)c1cc(C(F)(F)F)ccc1Cl. The van der Waals surface area contributed by atoms with Crippen molar-refractivity contribution in [3.63, 3.8) is 0 Å². The van der Waals surface area contributed by atoms with Crippen LogP contribution in [0.15, 0.2) is 18.2 Å². The maximum absolute atomic E-state index is 12.4. The molecule has 0 saturated heterocycles. The van der Waals surface area contributed by atoms with Gasteiger partial charge in [-0.15, -0.1) is 0 Å². The number of hydrogen-bond donors (Lipinski definition) is 1. The van der Waals surface area contributed by atoms with Crippen LogP contribution in [0, 0.1) is 0 Å². The van der Waals surface area contributed by atoms with E-state index in [-0.39, 0.29) is 10.6 Å². The summed E-state index contributed by atoms with van der Waals surface area (Å²) in [5.41, 5.74) is -1.34. The van der Waals surface area contributed by atoms with Crippen molar-refractivity contribution in [3.8, 4) is 0 Å². The molecule has 0 spiro atoms. The van der Waals surface area contributed by atoms with E-state index in [4.69, 9.17) is 11.6 Å². The molecule has 1 rings (SSSR count). The van der Waals surface area contributed by atoms with Crippen molar-refractivity contribution in [1.82, 2.24) is 0 Å². The Hall–Kier alpha value is -1.27. The van der Waals surface area contributed by atoms with Gasteiger partial charge >= 0.3 is 12.1 Å². The van der Waals surface area contributed by atoms with Gasteiger partial charge in [0.15, 0.2) is 6.10 Å². The largest absolute Gasteiger partial charge is 0.467 e. The second kappa shape index (κ2) is 4.93. The lowest BCUT2D eigenvalue weighted by Crippen LogP contribution is -2.15. The lowest BCUT2D eigenvalue weighted by molar-refractivity contribution is -0.151. The number of alkyl halides is 3. The average Bonchev–Trinajstić information content (AvgIpc) is 2.26. The molecule has 0 heterocycles. The monoisotopic (exact) mass is 268 g/mol. The quantitative estimate of drug-likeness (QED) is 0.839. The Morgan fingerprint density at radius 1 is 1.47 bits per heavy atom. The van der Waals surface area contributed by atoms with Gasteiger partial charge in [-0.3, -0.25) is 0 Å². The third-order valence-electron chi connectivity index (χ3n) is 2.04. The van der Waals surface area contributed by atoms with E-state index < -0.39 is 23.8 Å². The van der Waals surface area contributed by atoms with Crippen molar-refractivity contribution >= 4 is 17.6 Å². The van der Waals surface area contributed by atoms with E-state index in [2.05, 4.69) is 4.74 Å². The third kappa shape index (κ3) is 3.10. The normalized spacial score (nSPS) is 13.3. The lowest BCUT2D eigenvalue weighted by atomic mass is 10.1. The van der Waals surface area contributed by atoms with Crippen LogP contribution in [0.3, 0.4) is 0 Å². The van der Waals surface area contributed by atoms with Crippen molar-refractivity contribution in [2.75, 3.05) is 7.11 Å². The highest BCUT2D eigenvalue weighted by atomic mass is 35.5. The molecule has 1 aromatic rings. The van der Waals surface area contributed by atoms with Crippen molar-refractivity contribution in [1.29, 1.82) is 0 Å². The number of carbonyl (C=O) groups excluding carboxylic acids is 1. The summed E-state index contributed by atoms with van der Waals surface area (Å²) >= 11 is 5.61. The summed E-state index contributed by atoms with van der Waals surface area (Å²) < 4.78 is 41.4. The molecule has 17 heavy (non-hydrogen) atoms. The van der Waals surface area contributed by atoms with Crippen molar-refractivity contribution in [2.24, 2.45) is 0 Å². The van der Waals surface area contributed by atoms with Gasteiger partial charge < -0.3 is 9.84 Å². The van der Waals surface area contributed by atoms with E-state index in [0.29, 0.717) is 6.07 Å². The Morgan fingerprint density at radius 3 is 2.53 bits per heavy atom. The van der Waals surface area contributed by atoms with E-state index in [1.54, 1.807) is 0 Å². The van der Waals surface area contributed by atoms with E-state index in [9.17, 15) is 23.1 Å². The number of hydrogen-bond acceptors (Lipinski definition) is 3. The summed E-state index contributed by atoms with van der Waals surface area (Å²) in [4.78, 5) is 11.0. The molecule has 94 valence electrons. The van der Waals surface area contributed by atoms with Gasteiger partial charge in [-0.05, 0) is 18.2 Å².